The van der Waals surface area contributed by atoms with Crippen molar-refractivity contribution in [2.75, 3.05) is 6.61 Å². The molecule has 0 aliphatic rings. The topological polar surface area (TPSA) is 90.3 Å². The molecule has 1 heterocycles. The van der Waals surface area contributed by atoms with Crippen LogP contribution in [0.3, 0.4) is 0 Å². The van der Waals surface area contributed by atoms with E-state index in [2.05, 4.69) is 10.3 Å². The normalized spacial score (nSPS) is 12.0. The van der Waals surface area contributed by atoms with Crippen molar-refractivity contribution >= 4 is 22.9 Å². The average molecular weight is 345 g/mol. The highest BCUT2D eigenvalue weighted by atomic mass is 16.5. The zero-order valence-electron chi connectivity index (χ0n) is 15.0. The molecule has 0 saturated heterocycles. The largest absolute Gasteiger partial charge is 0.452 e. The summed E-state index contributed by atoms with van der Waals surface area (Å²) in [5.74, 6) is -0.938. The van der Waals surface area contributed by atoms with E-state index < -0.39 is 5.97 Å². The molecule has 25 heavy (non-hydrogen) atoms. The summed E-state index contributed by atoms with van der Waals surface area (Å²) >= 11 is 0. The number of ether oxygens (including phenoxy) is 1. The highest BCUT2D eigenvalue weighted by molar-refractivity contribution is 5.94. The third-order valence-electron chi connectivity index (χ3n) is 4.02. The standard InChI is InChI=1S/C18H23N3O4/c1-5-11(3)19-16(22)10-25-18(24)13-7-8-15-14(9-13)20-12(4)17(23)21(15)6-2/h7-9,11H,5-6,10H2,1-4H3,(H,19,22)/t11-/m1/s1. The predicted octanol–water partition coefficient (Wildman–Crippen LogP) is 1.80. The number of amides is 1. The molecule has 1 amide bonds. The van der Waals surface area contributed by atoms with Crippen molar-refractivity contribution in [3.05, 3.63) is 39.8 Å². The zero-order valence-corrected chi connectivity index (χ0v) is 15.0. The molecule has 0 aliphatic carbocycles. The smallest absolute Gasteiger partial charge is 0.338 e. The third kappa shape index (κ3) is 4.23. The van der Waals surface area contributed by atoms with Gasteiger partial charge < -0.3 is 14.6 Å². The molecule has 0 unspecified atom stereocenters. The second-order valence-corrected chi connectivity index (χ2v) is 5.90. The lowest BCUT2D eigenvalue weighted by Crippen LogP contribution is -2.35. The Morgan fingerprint density at radius 1 is 1.32 bits per heavy atom. The van der Waals surface area contributed by atoms with E-state index in [1.54, 1.807) is 29.7 Å². The number of aromatic nitrogens is 2. The van der Waals surface area contributed by atoms with Crippen LogP contribution in [-0.2, 0) is 16.1 Å². The summed E-state index contributed by atoms with van der Waals surface area (Å²) in [5.41, 5.74) is 1.71. The second kappa shape index (κ2) is 7.92. The number of fused-ring (bicyclic) bond motifs is 1. The highest BCUT2D eigenvalue weighted by Gasteiger charge is 2.14. The average Bonchev–Trinajstić information content (AvgIpc) is 2.60. The monoisotopic (exact) mass is 345 g/mol. The molecular formula is C18H23N3O4. The lowest BCUT2D eigenvalue weighted by molar-refractivity contribution is -0.124. The quantitative estimate of drug-likeness (QED) is 0.806. The van der Waals surface area contributed by atoms with Gasteiger partial charge in [-0.25, -0.2) is 9.78 Å². The van der Waals surface area contributed by atoms with E-state index in [-0.39, 0.29) is 29.7 Å². The molecule has 0 saturated carbocycles. The van der Waals surface area contributed by atoms with Crippen molar-refractivity contribution in [3.63, 3.8) is 0 Å². The van der Waals surface area contributed by atoms with Crippen LogP contribution in [0.15, 0.2) is 23.0 Å². The van der Waals surface area contributed by atoms with Gasteiger partial charge in [0.2, 0.25) is 0 Å². The summed E-state index contributed by atoms with van der Waals surface area (Å²) in [6, 6.07) is 4.84. The molecular weight excluding hydrogens is 322 g/mol. The van der Waals surface area contributed by atoms with Gasteiger partial charge in [-0.3, -0.25) is 9.59 Å². The van der Waals surface area contributed by atoms with E-state index in [9.17, 15) is 14.4 Å². The number of nitrogens with one attached hydrogen (secondary N) is 1. The molecule has 1 atom stereocenters. The number of carbonyl (C=O) groups excluding carboxylic acids is 2. The van der Waals surface area contributed by atoms with Crippen LogP contribution in [0.1, 0.15) is 43.2 Å². The van der Waals surface area contributed by atoms with Crippen LogP contribution in [-0.4, -0.2) is 34.1 Å². The Balaban J connectivity index is 2.18. The molecule has 7 nitrogen and oxygen atoms in total. The molecule has 2 aromatic rings. The van der Waals surface area contributed by atoms with Crippen LogP contribution in [0, 0.1) is 6.92 Å². The highest BCUT2D eigenvalue weighted by Crippen LogP contribution is 2.14. The number of aryl methyl sites for hydroxylation is 2. The van der Waals surface area contributed by atoms with Gasteiger partial charge in [0, 0.05) is 12.6 Å². The van der Waals surface area contributed by atoms with Gasteiger partial charge in [-0.05, 0) is 45.4 Å². The lowest BCUT2D eigenvalue weighted by Gasteiger charge is -2.12. The Morgan fingerprint density at radius 3 is 2.68 bits per heavy atom. The Bertz CT molecular complexity index is 857. The number of nitrogens with zero attached hydrogens (tertiary/aromatic N) is 2. The molecule has 0 radical (unpaired) electrons. The van der Waals surface area contributed by atoms with Gasteiger partial charge in [-0.1, -0.05) is 6.92 Å². The molecule has 0 fully saturated rings. The molecule has 1 aromatic carbocycles. The fourth-order valence-corrected chi connectivity index (χ4v) is 2.45. The molecule has 134 valence electrons. The van der Waals surface area contributed by atoms with Crippen molar-refractivity contribution in [3.8, 4) is 0 Å². The SMILES string of the molecule is CC[C@@H](C)NC(=O)COC(=O)c1ccc2c(c1)nc(C)c(=O)n2CC. The molecule has 1 aromatic heterocycles. The Labute approximate surface area is 146 Å². The van der Waals surface area contributed by atoms with Crippen molar-refractivity contribution in [2.45, 2.75) is 46.7 Å². The maximum Gasteiger partial charge on any atom is 0.338 e. The molecule has 2 rings (SSSR count). The van der Waals surface area contributed by atoms with Crippen LogP contribution in [0.2, 0.25) is 0 Å². The van der Waals surface area contributed by atoms with Crippen molar-refractivity contribution in [1.29, 1.82) is 0 Å². The van der Waals surface area contributed by atoms with Gasteiger partial charge in [0.25, 0.3) is 11.5 Å². The summed E-state index contributed by atoms with van der Waals surface area (Å²) < 4.78 is 6.65. The summed E-state index contributed by atoms with van der Waals surface area (Å²) in [6.07, 6.45) is 0.800. The van der Waals surface area contributed by atoms with E-state index >= 15 is 0 Å². The van der Waals surface area contributed by atoms with Crippen molar-refractivity contribution in [2.24, 2.45) is 0 Å². The summed E-state index contributed by atoms with van der Waals surface area (Å²) in [4.78, 5) is 40.2. The van der Waals surface area contributed by atoms with Crippen molar-refractivity contribution in [1.82, 2.24) is 14.9 Å². The number of carbonyl (C=O) groups is 2. The summed E-state index contributed by atoms with van der Waals surface area (Å²) in [5, 5.41) is 2.73. The number of benzene rings is 1. The van der Waals surface area contributed by atoms with Gasteiger partial charge in [0.1, 0.15) is 5.69 Å². The van der Waals surface area contributed by atoms with Crippen LogP contribution in [0.25, 0.3) is 11.0 Å². The minimum Gasteiger partial charge on any atom is -0.452 e. The van der Waals surface area contributed by atoms with Crippen LogP contribution >= 0.6 is 0 Å². The molecule has 0 aliphatic heterocycles. The van der Waals surface area contributed by atoms with Gasteiger partial charge in [0.05, 0.1) is 16.6 Å². The van der Waals surface area contributed by atoms with Crippen LogP contribution in [0.5, 0.6) is 0 Å². The van der Waals surface area contributed by atoms with Gasteiger partial charge in [0.15, 0.2) is 6.61 Å². The van der Waals surface area contributed by atoms with Gasteiger partial charge >= 0.3 is 5.97 Å². The van der Waals surface area contributed by atoms with E-state index in [1.165, 1.54) is 0 Å². The summed E-state index contributed by atoms with van der Waals surface area (Å²) in [7, 11) is 0. The van der Waals surface area contributed by atoms with E-state index in [4.69, 9.17) is 4.74 Å². The van der Waals surface area contributed by atoms with E-state index in [0.717, 1.165) is 6.42 Å². The summed E-state index contributed by atoms with van der Waals surface area (Å²) in [6.45, 7) is 7.53. The first-order chi connectivity index (χ1) is 11.9. The van der Waals surface area contributed by atoms with E-state index in [1.807, 2.05) is 20.8 Å². The number of esters is 1. The first-order valence-corrected chi connectivity index (χ1v) is 8.35. The van der Waals surface area contributed by atoms with Crippen molar-refractivity contribution < 1.29 is 14.3 Å². The second-order valence-electron chi connectivity index (χ2n) is 5.90. The molecule has 1 N–H and O–H groups in total. The fraction of sp³-hybridized carbons (Fsp3) is 0.444. The number of rotatable bonds is 6. The minimum absolute atomic E-state index is 0.0322. The fourth-order valence-electron chi connectivity index (χ4n) is 2.45. The van der Waals surface area contributed by atoms with Crippen LogP contribution < -0.4 is 10.9 Å². The Morgan fingerprint density at radius 2 is 2.04 bits per heavy atom. The first kappa shape index (κ1) is 18.6. The van der Waals surface area contributed by atoms with Crippen LogP contribution in [0.4, 0.5) is 0 Å². The number of hydrogen-bond donors (Lipinski definition) is 1. The maximum atomic E-state index is 12.2. The minimum atomic E-state index is -0.602. The Hall–Kier alpha value is -2.70. The third-order valence-corrected chi connectivity index (χ3v) is 4.02. The van der Waals surface area contributed by atoms with E-state index in [0.29, 0.717) is 23.3 Å². The molecule has 0 spiro atoms. The predicted molar refractivity (Wildman–Crippen MR) is 94.6 cm³/mol. The van der Waals surface area contributed by atoms with Gasteiger partial charge in [-0.2, -0.15) is 0 Å². The van der Waals surface area contributed by atoms with Gasteiger partial charge in [-0.15, -0.1) is 0 Å². The zero-order chi connectivity index (χ0) is 18.6. The molecule has 7 heteroatoms. The molecule has 0 bridgehead atoms. The number of hydrogen-bond acceptors (Lipinski definition) is 5. The first-order valence-electron chi connectivity index (χ1n) is 8.35. The maximum absolute atomic E-state index is 12.2. The Kier molecular flexibility index (Phi) is 5.90. The lowest BCUT2D eigenvalue weighted by atomic mass is 10.2.